The summed E-state index contributed by atoms with van der Waals surface area (Å²) < 4.78 is 0. The number of nitrogens with one attached hydrogen (secondary N) is 1. The van der Waals surface area contributed by atoms with Gasteiger partial charge in [-0.05, 0) is 33.9 Å². The van der Waals surface area contributed by atoms with Gasteiger partial charge in [-0.3, -0.25) is 0 Å². The molecule has 2 nitrogen and oxygen atoms in total. The fourth-order valence-electron chi connectivity index (χ4n) is 4.27. The lowest BCUT2D eigenvalue weighted by Crippen LogP contribution is -2.55. The van der Waals surface area contributed by atoms with Crippen LogP contribution in [0.5, 0.6) is 0 Å². The number of rotatable bonds is 4. The molecule has 2 rings (SSSR count). The number of hydrogen-bond donors (Lipinski definition) is 1. The molecule has 2 aromatic rings. The van der Waals surface area contributed by atoms with Gasteiger partial charge in [-0.25, -0.2) is 4.98 Å². The molecule has 0 aromatic carbocycles. The van der Waals surface area contributed by atoms with E-state index in [-0.39, 0.29) is 0 Å². The zero-order valence-corrected chi connectivity index (χ0v) is 14.0. The number of fused-ring (bicyclic) bond motifs is 1. The van der Waals surface area contributed by atoms with Gasteiger partial charge in [0, 0.05) is 17.8 Å². The Morgan fingerprint density at radius 3 is 2.05 bits per heavy atom. The van der Waals surface area contributed by atoms with Gasteiger partial charge in [-0.15, -0.1) is 0 Å². The molecular weight excluding hydrogens is 248 g/mol. The van der Waals surface area contributed by atoms with E-state index in [4.69, 9.17) is 0 Å². The van der Waals surface area contributed by atoms with Crippen LogP contribution < -0.4 is 5.19 Å². The van der Waals surface area contributed by atoms with E-state index in [2.05, 4.69) is 63.6 Å². The highest BCUT2D eigenvalue weighted by atomic mass is 28.3. The van der Waals surface area contributed by atoms with Gasteiger partial charge in [0.25, 0.3) is 0 Å². The molecule has 1 N–H and O–H groups in total. The Balaban J connectivity index is 2.77. The van der Waals surface area contributed by atoms with Crippen LogP contribution >= 0.6 is 0 Å². The van der Waals surface area contributed by atoms with Crippen LogP contribution in [0.25, 0.3) is 11.0 Å². The fraction of sp³-hybridized carbons (Fsp3) is 0.562. The standard InChI is InChI=1S/C16H26N2Si/c1-11(2)19(12(3)4,13(5)6)15-8-10-18-16-14(15)7-9-17-16/h7-13H,1-6H3,(H,17,18). The number of nitrogens with zero attached hydrogens (tertiary/aromatic N) is 1. The summed E-state index contributed by atoms with van der Waals surface area (Å²) in [5, 5.41) is 2.92. The van der Waals surface area contributed by atoms with Crippen molar-refractivity contribution in [3.63, 3.8) is 0 Å². The lowest BCUT2D eigenvalue weighted by Gasteiger charge is -2.44. The molecule has 0 amide bonds. The van der Waals surface area contributed by atoms with Gasteiger partial charge in [0.1, 0.15) is 5.65 Å². The van der Waals surface area contributed by atoms with E-state index in [1.165, 1.54) is 5.39 Å². The molecule has 0 saturated carbocycles. The summed E-state index contributed by atoms with van der Waals surface area (Å²) in [6.07, 6.45) is 3.99. The molecule has 3 heteroatoms. The average molecular weight is 274 g/mol. The van der Waals surface area contributed by atoms with Gasteiger partial charge >= 0.3 is 0 Å². The van der Waals surface area contributed by atoms with Crippen molar-refractivity contribution >= 4 is 24.3 Å². The summed E-state index contributed by atoms with van der Waals surface area (Å²) in [6.45, 7) is 14.4. The van der Waals surface area contributed by atoms with E-state index in [0.717, 1.165) is 22.3 Å². The van der Waals surface area contributed by atoms with Crippen LogP contribution in [0.1, 0.15) is 41.5 Å². The molecule has 19 heavy (non-hydrogen) atoms. The minimum Gasteiger partial charge on any atom is -0.346 e. The first-order valence-electron chi connectivity index (χ1n) is 7.34. The average Bonchev–Trinajstić information content (AvgIpc) is 2.76. The summed E-state index contributed by atoms with van der Waals surface area (Å²) in [5.74, 6) is 0. The van der Waals surface area contributed by atoms with Gasteiger partial charge in [-0.2, -0.15) is 0 Å². The minimum absolute atomic E-state index is 0.730. The number of hydrogen-bond acceptors (Lipinski definition) is 1. The van der Waals surface area contributed by atoms with E-state index >= 15 is 0 Å². The molecule has 0 aliphatic rings. The normalized spacial score (nSPS) is 13.1. The van der Waals surface area contributed by atoms with Crippen molar-refractivity contribution in [1.29, 1.82) is 0 Å². The molecule has 0 unspecified atom stereocenters. The SMILES string of the molecule is CC(C)[Si](c1ccnc2[nH]ccc12)(C(C)C)C(C)C. The Labute approximate surface area is 117 Å². The van der Waals surface area contributed by atoms with Crippen LogP contribution in [-0.4, -0.2) is 18.0 Å². The quantitative estimate of drug-likeness (QED) is 0.820. The number of H-pyrrole nitrogens is 1. The molecule has 0 saturated heterocycles. The third kappa shape index (κ3) is 2.04. The summed E-state index contributed by atoms with van der Waals surface area (Å²) in [4.78, 5) is 7.72. The van der Waals surface area contributed by atoms with Crippen molar-refractivity contribution in [2.45, 2.75) is 58.2 Å². The van der Waals surface area contributed by atoms with Crippen LogP contribution in [0.15, 0.2) is 24.5 Å². The lowest BCUT2D eigenvalue weighted by molar-refractivity contribution is 0.836. The summed E-state index contributed by atoms with van der Waals surface area (Å²) in [7, 11) is -1.59. The maximum atomic E-state index is 4.46. The predicted octanol–water partition coefficient (Wildman–Crippen LogP) is 4.45. The lowest BCUT2D eigenvalue weighted by atomic mass is 10.3. The van der Waals surface area contributed by atoms with Crippen LogP contribution in [-0.2, 0) is 0 Å². The molecule has 2 aromatic heterocycles. The Kier molecular flexibility index (Phi) is 3.86. The Morgan fingerprint density at radius 2 is 1.53 bits per heavy atom. The number of aromatic amines is 1. The fourth-order valence-corrected chi connectivity index (χ4v) is 11.2. The predicted molar refractivity (Wildman–Crippen MR) is 86.8 cm³/mol. The second-order valence-electron chi connectivity index (χ2n) is 6.50. The number of pyridine rings is 1. The molecule has 0 atom stereocenters. The molecular formula is C16H26N2Si. The molecule has 0 aliphatic heterocycles. The Hall–Kier alpha value is -1.09. The van der Waals surface area contributed by atoms with Gasteiger partial charge in [-0.1, -0.05) is 41.5 Å². The van der Waals surface area contributed by atoms with Crippen LogP contribution in [0.2, 0.25) is 16.6 Å². The van der Waals surface area contributed by atoms with Gasteiger partial charge < -0.3 is 4.98 Å². The van der Waals surface area contributed by atoms with Crippen molar-refractivity contribution in [2.75, 3.05) is 0 Å². The Morgan fingerprint density at radius 1 is 0.947 bits per heavy atom. The summed E-state index contributed by atoms with van der Waals surface area (Å²) in [5.41, 5.74) is 3.23. The van der Waals surface area contributed by atoms with Crippen molar-refractivity contribution < 1.29 is 0 Å². The molecule has 0 radical (unpaired) electrons. The minimum atomic E-state index is -1.59. The van der Waals surface area contributed by atoms with E-state index in [1.54, 1.807) is 5.19 Å². The maximum Gasteiger partial charge on any atom is 0.137 e. The maximum absolute atomic E-state index is 4.46. The van der Waals surface area contributed by atoms with Gasteiger partial charge in [0.2, 0.25) is 0 Å². The topological polar surface area (TPSA) is 28.7 Å². The van der Waals surface area contributed by atoms with Gasteiger partial charge in [0.15, 0.2) is 0 Å². The van der Waals surface area contributed by atoms with E-state index in [1.807, 2.05) is 12.4 Å². The van der Waals surface area contributed by atoms with Crippen molar-refractivity contribution in [2.24, 2.45) is 0 Å². The molecule has 0 fully saturated rings. The van der Waals surface area contributed by atoms with Crippen LogP contribution in [0.4, 0.5) is 0 Å². The summed E-state index contributed by atoms with van der Waals surface area (Å²) >= 11 is 0. The number of aromatic nitrogens is 2. The van der Waals surface area contributed by atoms with E-state index in [9.17, 15) is 0 Å². The molecule has 0 bridgehead atoms. The Bertz CT molecular complexity index is 533. The van der Waals surface area contributed by atoms with Crippen molar-refractivity contribution in [3.05, 3.63) is 24.5 Å². The largest absolute Gasteiger partial charge is 0.346 e. The highest BCUT2D eigenvalue weighted by molar-refractivity contribution is 6.96. The van der Waals surface area contributed by atoms with E-state index < -0.39 is 8.07 Å². The van der Waals surface area contributed by atoms with Gasteiger partial charge in [0.05, 0.1) is 8.07 Å². The molecule has 0 spiro atoms. The molecule has 0 aliphatic carbocycles. The molecule has 104 valence electrons. The van der Waals surface area contributed by atoms with Crippen molar-refractivity contribution in [3.8, 4) is 0 Å². The first-order valence-corrected chi connectivity index (χ1v) is 9.58. The first kappa shape index (κ1) is 14.3. The van der Waals surface area contributed by atoms with Crippen LogP contribution in [0, 0.1) is 0 Å². The monoisotopic (exact) mass is 274 g/mol. The second kappa shape index (κ2) is 5.12. The highest BCUT2D eigenvalue weighted by Gasteiger charge is 2.45. The zero-order valence-electron chi connectivity index (χ0n) is 13.0. The van der Waals surface area contributed by atoms with Crippen molar-refractivity contribution in [1.82, 2.24) is 9.97 Å². The molecule has 2 heterocycles. The highest BCUT2D eigenvalue weighted by Crippen LogP contribution is 2.41. The second-order valence-corrected chi connectivity index (χ2v) is 12.4. The third-order valence-corrected chi connectivity index (χ3v) is 11.9. The summed E-state index contributed by atoms with van der Waals surface area (Å²) in [6, 6.07) is 4.48. The zero-order chi connectivity index (χ0) is 14.2. The smallest absolute Gasteiger partial charge is 0.137 e. The first-order chi connectivity index (χ1) is 8.92. The van der Waals surface area contributed by atoms with E-state index in [0.29, 0.717) is 0 Å². The van der Waals surface area contributed by atoms with Crippen LogP contribution in [0.3, 0.4) is 0 Å². The third-order valence-electron chi connectivity index (χ3n) is 4.79.